The molecule has 0 spiro atoms. The van der Waals surface area contributed by atoms with Crippen LogP contribution in [0.5, 0.6) is 0 Å². The Morgan fingerprint density at radius 2 is 2.18 bits per heavy atom. The third-order valence-corrected chi connectivity index (χ3v) is 4.88. The smallest absolute Gasteiger partial charge is 0.0536 e. The SMILES string of the molecule is Cc1ccc2c(c1C)N(C)C(CCCO)CS2. The van der Waals surface area contributed by atoms with Crippen LogP contribution in [0.4, 0.5) is 5.69 Å². The van der Waals surface area contributed by atoms with Crippen molar-refractivity contribution in [2.24, 2.45) is 0 Å². The van der Waals surface area contributed by atoms with Gasteiger partial charge in [-0.25, -0.2) is 0 Å². The van der Waals surface area contributed by atoms with Gasteiger partial charge in [0.05, 0.1) is 5.69 Å². The number of aliphatic hydroxyl groups excluding tert-OH is 1. The van der Waals surface area contributed by atoms with Crippen molar-refractivity contribution in [1.29, 1.82) is 0 Å². The quantitative estimate of drug-likeness (QED) is 0.893. The summed E-state index contributed by atoms with van der Waals surface area (Å²) in [6.45, 7) is 4.68. The lowest BCUT2D eigenvalue weighted by molar-refractivity contribution is 0.280. The number of anilines is 1. The van der Waals surface area contributed by atoms with E-state index in [1.807, 2.05) is 11.8 Å². The number of nitrogens with zero attached hydrogens (tertiary/aromatic N) is 1. The molecular formula is C14H21NOS. The maximum atomic E-state index is 8.95. The number of aliphatic hydroxyl groups is 1. The van der Waals surface area contributed by atoms with E-state index >= 15 is 0 Å². The number of rotatable bonds is 3. The molecule has 1 aromatic rings. The third kappa shape index (κ3) is 2.45. The molecule has 2 rings (SSSR count). The zero-order chi connectivity index (χ0) is 12.4. The van der Waals surface area contributed by atoms with Crippen molar-refractivity contribution in [1.82, 2.24) is 0 Å². The summed E-state index contributed by atoms with van der Waals surface area (Å²) in [6, 6.07) is 5.00. The number of aryl methyl sites for hydroxylation is 1. The van der Waals surface area contributed by atoms with Crippen LogP contribution in [-0.4, -0.2) is 30.6 Å². The second-order valence-corrected chi connectivity index (χ2v) is 5.86. The van der Waals surface area contributed by atoms with Gasteiger partial charge in [-0.2, -0.15) is 0 Å². The summed E-state index contributed by atoms with van der Waals surface area (Å²) in [4.78, 5) is 3.81. The highest BCUT2D eigenvalue weighted by Crippen LogP contribution is 2.40. The lowest BCUT2D eigenvalue weighted by atomic mass is 10.0. The van der Waals surface area contributed by atoms with Crippen LogP contribution >= 0.6 is 11.8 Å². The normalized spacial score (nSPS) is 19.3. The number of fused-ring (bicyclic) bond motifs is 1. The van der Waals surface area contributed by atoms with Gasteiger partial charge in [-0.15, -0.1) is 11.8 Å². The first-order valence-electron chi connectivity index (χ1n) is 6.22. The molecule has 1 aliphatic heterocycles. The molecule has 1 N–H and O–H groups in total. The van der Waals surface area contributed by atoms with Crippen molar-refractivity contribution in [2.45, 2.75) is 37.6 Å². The molecule has 17 heavy (non-hydrogen) atoms. The van der Waals surface area contributed by atoms with Crippen molar-refractivity contribution in [3.05, 3.63) is 23.3 Å². The molecule has 0 amide bonds. The Morgan fingerprint density at radius 3 is 2.88 bits per heavy atom. The van der Waals surface area contributed by atoms with E-state index in [-0.39, 0.29) is 0 Å². The first-order chi connectivity index (χ1) is 8.15. The number of benzene rings is 1. The monoisotopic (exact) mass is 251 g/mol. The lowest BCUT2D eigenvalue weighted by Crippen LogP contribution is -2.37. The van der Waals surface area contributed by atoms with E-state index in [0.717, 1.165) is 18.6 Å². The summed E-state index contributed by atoms with van der Waals surface area (Å²) >= 11 is 1.95. The van der Waals surface area contributed by atoms with Crippen molar-refractivity contribution >= 4 is 17.4 Å². The molecule has 0 radical (unpaired) electrons. The van der Waals surface area contributed by atoms with Crippen molar-refractivity contribution in [2.75, 3.05) is 24.3 Å². The van der Waals surface area contributed by atoms with Crippen LogP contribution in [0.15, 0.2) is 17.0 Å². The van der Waals surface area contributed by atoms with Gasteiger partial charge in [-0.1, -0.05) is 6.07 Å². The molecule has 3 heteroatoms. The Balaban J connectivity index is 2.27. The Labute approximate surface area is 108 Å². The summed E-state index contributed by atoms with van der Waals surface area (Å²) in [5.41, 5.74) is 4.15. The minimum Gasteiger partial charge on any atom is -0.396 e. The number of thioether (sulfide) groups is 1. The predicted octanol–water partition coefficient (Wildman–Crippen LogP) is 2.99. The van der Waals surface area contributed by atoms with E-state index in [1.165, 1.54) is 21.7 Å². The molecule has 1 aromatic carbocycles. The average molecular weight is 251 g/mol. The first kappa shape index (κ1) is 12.8. The fraction of sp³-hybridized carbons (Fsp3) is 0.571. The molecule has 1 unspecified atom stereocenters. The minimum absolute atomic E-state index is 0.300. The number of hydrogen-bond donors (Lipinski definition) is 1. The van der Waals surface area contributed by atoms with E-state index in [4.69, 9.17) is 5.11 Å². The van der Waals surface area contributed by atoms with Crippen LogP contribution < -0.4 is 4.90 Å². The summed E-state index contributed by atoms with van der Waals surface area (Å²) in [5, 5.41) is 8.95. The molecule has 1 aliphatic rings. The molecule has 1 heterocycles. The van der Waals surface area contributed by atoms with Gasteiger partial charge < -0.3 is 10.0 Å². The molecule has 0 saturated heterocycles. The maximum Gasteiger partial charge on any atom is 0.0536 e. The molecule has 1 atom stereocenters. The predicted molar refractivity (Wildman–Crippen MR) is 75.2 cm³/mol. The summed E-state index contributed by atoms with van der Waals surface area (Å²) < 4.78 is 0. The molecule has 0 fully saturated rings. The van der Waals surface area contributed by atoms with Crippen LogP contribution in [0.2, 0.25) is 0 Å². The second kappa shape index (κ2) is 5.32. The fourth-order valence-corrected chi connectivity index (χ4v) is 3.78. The number of hydrogen-bond acceptors (Lipinski definition) is 3. The minimum atomic E-state index is 0.300. The van der Waals surface area contributed by atoms with Crippen molar-refractivity contribution < 1.29 is 5.11 Å². The highest BCUT2D eigenvalue weighted by Gasteiger charge is 2.25. The van der Waals surface area contributed by atoms with Gasteiger partial charge in [0.15, 0.2) is 0 Å². The fourth-order valence-electron chi connectivity index (χ4n) is 2.42. The van der Waals surface area contributed by atoms with Crippen LogP contribution in [0.25, 0.3) is 0 Å². The summed E-state index contributed by atoms with van der Waals surface area (Å²) in [5.74, 6) is 1.13. The van der Waals surface area contributed by atoms with Gasteiger partial charge in [0.2, 0.25) is 0 Å². The molecule has 0 aliphatic carbocycles. The summed E-state index contributed by atoms with van der Waals surface area (Å²) in [6.07, 6.45) is 1.97. The van der Waals surface area contributed by atoms with E-state index < -0.39 is 0 Å². The Bertz CT molecular complexity index is 405. The zero-order valence-corrected chi connectivity index (χ0v) is 11.7. The van der Waals surface area contributed by atoms with Crippen LogP contribution in [0, 0.1) is 13.8 Å². The highest BCUT2D eigenvalue weighted by atomic mass is 32.2. The van der Waals surface area contributed by atoms with Gasteiger partial charge in [0.25, 0.3) is 0 Å². The van der Waals surface area contributed by atoms with Crippen molar-refractivity contribution in [3.63, 3.8) is 0 Å². The molecule has 94 valence electrons. The molecule has 0 saturated carbocycles. The largest absolute Gasteiger partial charge is 0.396 e. The van der Waals surface area contributed by atoms with Crippen molar-refractivity contribution in [3.8, 4) is 0 Å². The maximum absolute atomic E-state index is 8.95. The molecule has 2 nitrogen and oxygen atoms in total. The van der Waals surface area contributed by atoms with Gasteiger partial charge in [-0.3, -0.25) is 0 Å². The topological polar surface area (TPSA) is 23.5 Å². The van der Waals surface area contributed by atoms with Crippen LogP contribution in [-0.2, 0) is 0 Å². The zero-order valence-electron chi connectivity index (χ0n) is 10.9. The third-order valence-electron chi connectivity index (χ3n) is 3.69. The van der Waals surface area contributed by atoms with Gasteiger partial charge >= 0.3 is 0 Å². The molecular weight excluding hydrogens is 230 g/mol. The standard InChI is InChI=1S/C14H21NOS/c1-10-6-7-13-14(11(10)2)15(3)12(9-17-13)5-4-8-16/h6-7,12,16H,4-5,8-9H2,1-3H3. The molecule has 0 aromatic heterocycles. The average Bonchev–Trinajstić information content (AvgIpc) is 2.33. The Kier molecular flexibility index (Phi) is 4.00. The lowest BCUT2D eigenvalue weighted by Gasteiger charge is -2.37. The second-order valence-electron chi connectivity index (χ2n) is 4.80. The van der Waals surface area contributed by atoms with Gasteiger partial charge in [0.1, 0.15) is 0 Å². The van der Waals surface area contributed by atoms with E-state index in [1.54, 1.807) is 0 Å². The van der Waals surface area contributed by atoms with Crippen LogP contribution in [0.3, 0.4) is 0 Å². The molecule has 0 bridgehead atoms. The Hall–Kier alpha value is -0.670. The van der Waals surface area contributed by atoms with Gasteiger partial charge in [0, 0.05) is 30.3 Å². The first-order valence-corrected chi connectivity index (χ1v) is 7.20. The highest BCUT2D eigenvalue weighted by molar-refractivity contribution is 7.99. The van der Waals surface area contributed by atoms with E-state index in [2.05, 4.69) is 37.9 Å². The Morgan fingerprint density at radius 1 is 1.41 bits per heavy atom. The summed E-state index contributed by atoms with van der Waals surface area (Å²) in [7, 11) is 2.19. The van der Waals surface area contributed by atoms with Crippen LogP contribution in [0.1, 0.15) is 24.0 Å². The van der Waals surface area contributed by atoms with E-state index in [9.17, 15) is 0 Å². The van der Waals surface area contributed by atoms with Gasteiger partial charge in [-0.05, 0) is 43.9 Å². The van der Waals surface area contributed by atoms with E-state index in [0.29, 0.717) is 12.6 Å².